The average molecular weight is 385 g/mol. The first kappa shape index (κ1) is 19.4. The largest absolute Gasteiger partial charge is 0.450 e. The summed E-state index contributed by atoms with van der Waals surface area (Å²) < 4.78 is 24.6. The lowest BCUT2D eigenvalue weighted by molar-refractivity contribution is 0.0203. The summed E-state index contributed by atoms with van der Waals surface area (Å²) in [5.41, 5.74) is 3.76. The molecule has 0 aliphatic heterocycles. The van der Waals surface area contributed by atoms with Gasteiger partial charge in [0.2, 0.25) is 5.88 Å². The van der Waals surface area contributed by atoms with Crippen molar-refractivity contribution in [3.63, 3.8) is 0 Å². The number of halogens is 1. The van der Waals surface area contributed by atoms with Gasteiger partial charge in [-0.15, -0.1) is 0 Å². The molecule has 0 atom stereocenters. The van der Waals surface area contributed by atoms with Crippen molar-refractivity contribution < 1.29 is 13.9 Å². The van der Waals surface area contributed by atoms with Crippen molar-refractivity contribution in [2.45, 2.75) is 32.6 Å². The maximum Gasteiger partial charge on any atom is 0.226 e. The Labute approximate surface area is 160 Å². The van der Waals surface area contributed by atoms with Gasteiger partial charge in [0, 0.05) is 14.7 Å². The second kappa shape index (κ2) is 8.15. The van der Waals surface area contributed by atoms with Crippen molar-refractivity contribution in [1.29, 1.82) is 0 Å². The number of benzene rings is 2. The van der Waals surface area contributed by atoms with Crippen molar-refractivity contribution >= 4 is 19.0 Å². The highest BCUT2D eigenvalue weighted by Crippen LogP contribution is 2.30. The van der Waals surface area contributed by atoms with Crippen LogP contribution in [0.2, 0.25) is 25.7 Å². The fourth-order valence-electron chi connectivity index (χ4n) is 2.78. The molecule has 0 radical (unpaired) electrons. The molecular weight excluding hydrogens is 359 g/mol. The topological polar surface area (TPSA) is 44.2 Å². The zero-order valence-electron chi connectivity index (χ0n) is 16.3. The molecule has 0 N–H and O–H groups in total. The van der Waals surface area contributed by atoms with Gasteiger partial charge in [0.05, 0.1) is 10.9 Å². The first-order chi connectivity index (χ1) is 12.8. The molecule has 27 heavy (non-hydrogen) atoms. The van der Waals surface area contributed by atoms with Gasteiger partial charge in [-0.05, 0) is 53.9 Å². The summed E-state index contributed by atoms with van der Waals surface area (Å²) in [5, 5.41) is 0.825. The van der Waals surface area contributed by atoms with Crippen molar-refractivity contribution in [1.82, 2.24) is 9.97 Å². The Kier molecular flexibility index (Phi) is 5.87. The predicted molar refractivity (Wildman–Crippen MR) is 109 cm³/mol. The van der Waals surface area contributed by atoms with Gasteiger partial charge in [0.25, 0.3) is 0 Å². The first-order valence-corrected chi connectivity index (χ1v) is 12.8. The van der Waals surface area contributed by atoms with E-state index < -0.39 is 8.07 Å². The second-order valence-corrected chi connectivity index (χ2v) is 13.5. The Balaban J connectivity index is 1.82. The molecule has 3 rings (SSSR count). The zero-order chi connectivity index (χ0) is 19.4. The molecular formula is C21H25FN2O2Si. The molecule has 142 valence electrons. The van der Waals surface area contributed by atoms with Gasteiger partial charge in [0.15, 0.2) is 6.79 Å². The molecule has 4 nitrogen and oxygen atoms in total. The molecule has 0 fully saturated rings. The van der Waals surface area contributed by atoms with E-state index in [0.717, 1.165) is 33.6 Å². The number of nitrogens with zero attached hydrogens (tertiary/aromatic N) is 2. The molecule has 0 unspecified atom stereocenters. The molecule has 3 aromatic rings. The first-order valence-electron chi connectivity index (χ1n) is 9.05. The van der Waals surface area contributed by atoms with Gasteiger partial charge in [-0.25, -0.2) is 14.4 Å². The Bertz CT molecular complexity index is 924. The molecule has 0 saturated carbocycles. The van der Waals surface area contributed by atoms with Crippen LogP contribution in [-0.4, -0.2) is 31.4 Å². The normalized spacial score (nSPS) is 11.7. The van der Waals surface area contributed by atoms with Crippen LogP contribution in [0.5, 0.6) is 5.88 Å². The van der Waals surface area contributed by atoms with Crippen LogP contribution in [0.25, 0.3) is 22.0 Å². The van der Waals surface area contributed by atoms with Crippen molar-refractivity contribution in [2.75, 3.05) is 13.4 Å². The van der Waals surface area contributed by atoms with Crippen LogP contribution in [-0.2, 0) is 4.74 Å². The fourth-order valence-corrected chi connectivity index (χ4v) is 3.54. The lowest BCUT2D eigenvalue weighted by Gasteiger charge is -2.15. The predicted octanol–water partition coefficient (Wildman–Crippen LogP) is 5.44. The number of hydrogen-bond donors (Lipinski definition) is 0. The van der Waals surface area contributed by atoms with Crippen LogP contribution in [0.4, 0.5) is 4.39 Å². The number of ether oxygens (including phenoxy) is 2. The molecule has 0 saturated heterocycles. The van der Waals surface area contributed by atoms with Gasteiger partial charge < -0.3 is 9.47 Å². The Morgan fingerprint density at radius 1 is 1.00 bits per heavy atom. The number of rotatable bonds is 7. The van der Waals surface area contributed by atoms with Crippen LogP contribution in [0, 0.1) is 12.7 Å². The van der Waals surface area contributed by atoms with Crippen LogP contribution < -0.4 is 4.74 Å². The standard InChI is InChI=1S/C21H25FN2O2Si/c1-15-11-17(16-5-7-18(22)8-6-16)12-19-20(15)23-13-24-21(19)26-14-25-9-10-27(2,3)4/h5-8,11-13H,9-10,14H2,1-4H3. The number of aromatic nitrogens is 2. The summed E-state index contributed by atoms with van der Waals surface area (Å²) >= 11 is 0. The molecule has 0 aliphatic carbocycles. The number of hydrogen-bond acceptors (Lipinski definition) is 4. The van der Waals surface area contributed by atoms with Gasteiger partial charge in [-0.1, -0.05) is 31.8 Å². The highest BCUT2D eigenvalue weighted by Gasteiger charge is 2.13. The van der Waals surface area contributed by atoms with Gasteiger partial charge in [-0.3, -0.25) is 0 Å². The molecule has 0 aliphatic rings. The minimum absolute atomic E-state index is 0.163. The maximum atomic E-state index is 13.2. The Hall–Kier alpha value is -2.31. The number of fused-ring (bicyclic) bond motifs is 1. The Morgan fingerprint density at radius 2 is 1.74 bits per heavy atom. The zero-order valence-corrected chi connectivity index (χ0v) is 17.3. The average Bonchev–Trinajstić information content (AvgIpc) is 2.61. The van der Waals surface area contributed by atoms with Crippen LogP contribution >= 0.6 is 0 Å². The highest BCUT2D eigenvalue weighted by atomic mass is 28.3. The molecule has 0 spiro atoms. The van der Waals surface area contributed by atoms with Crippen molar-refractivity contribution in [2.24, 2.45) is 0 Å². The summed E-state index contributed by atoms with van der Waals surface area (Å²) in [6, 6.07) is 11.6. The summed E-state index contributed by atoms with van der Waals surface area (Å²) in [4.78, 5) is 8.66. The SMILES string of the molecule is Cc1cc(-c2ccc(F)cc2)cc2c(OCOCC[Si](C)(C)C)ncnc12. The van der Waals surface area contributed by atoms with E-state index in [1.54, 1.807) is 12.1 Å². The van der Waals surface area contributed by atoms with E-state index in [2.05, 4.69) is 29.6 Å². The maximum absolute atomic E-state index is 13.2. The van der Waals surface area contributed by atoms with E-state index in [-0.39, 0.29) is 12.6 Å². The van der Waals surface area contributed by atoms with Crippen molar-refractivity contribution in [3.05, 3.63) is 54.1 Å². The third kappa shape index (κ3) is 5.11. The molecule has 0 amide bonds. The molecule has 1 heterocycles. The van der Waals surface area contributed by atoms with E-state index in [0.29, 0.717) is 12.5 Å². The quantitative estimate of drug-likeness (QED) is 0.309. The van der Waals surface area contributed by atoms with Gasteiger partial charge >= 0.3 is 0 Å². The monoisotopic (exact) mass is 384 g/mol. The summed E-state index contributed by atoms with van der Waals surface area (Å²) in [6.45, 7) is 9.80. The lowest BCUT2D eigenvalue weighted by Crippen LogP contribution is -2.22. The molecule has 1 aromatic heterocycles. The van der Waals surface area contributed by atoms with Crippen LogP contribution in [0.1, 0.15) is 5.56 Å². The summed E-state index contributed by atoms with van der Waals surface area (Å²) in [6.07, 6.45) is 1.50. The minimum atomic E-state index is -1.12. The molecule has 2 aromatic carbocycles. The second-order valence-electron chi connectivity index (χ2n) is 7.86. The van der Waals surface area contributed by atoms with E-state index in [9.17, 15) is 4.39 Å². The Morgan fingerprint density at radius 3 is 2.44 bits per heavy atom. The highest BCUT2D eigenvalue weighted by molar-refractivity contribution is 6.76. The van der Waals surface area contributed by atoms with E-state index in [4.69, 9.17) is 9.47 Å². The summed E-state index contributed by atoms with van der Waals surface area (Å²) in [5.74, 6) is 0.249. The minimum Gasteiger partial charge on any atom is -0.450 e. The lowest BCUT2D eigenvalue weighted by atomic mass is 10.0. The third-order valence-electron chi connectivity index (χ3n) is 4.35. The molecule has 6 heteroatoms. The van der Waals surface area contributed by atoms with Crippen molar-refractivity contribution in [3.8, 4) is 17.0 Å². The van der Waals surface area contributed by atoms with E-state index in [1.807, 2.05) is 19.1 Å². The van der Waals surface area contributed by atoms with E-state index >= 15 is 0 Å². The third-order valence-corrected chi connectivity index (χ3v) is 6.05. The van der Waals surface area contributed by atoms with E-state index in [1.165, 1.54) is 18.5 Å². The fraction of sp³-hybridized carbons (Fsp3) is 0.333. The van der Waals surface area contributed by atoms with Crippen LogP contribution in [0.15, 0.2) is 42.7 Å². The molecule has 0 bridgehead atoms. The van der Waals surface area contributed by atoms with Gasteiger partial charge in [0.1, 0.15) is 12.1 Å². The smallest absolute Gasteiger partial charge is 0.226 e. The van der Waals surface area contributed by atoms with Crippen LogP contribution in [0.3, 0.4) is 0 Å². The van der Waals surface area contributed by atoms with Gasteiger partial charge in [-0.2, -0.15) is 0 Å². The summed E-state index contributed by atoms with van der Waals surface area (Å²) in [7, 11) is -1.12. The number of aryl methyl sites for hydroxylation is 1.